The maximum atomic E-state index is 10.0. The largest absolute Gasteiger partial charge is 0.508 e. The fraction of sp³-hybridized carbons (Fsp3) is 0.429. The van der Waals surface area contributed by atoms with Gasteiger partial charge in [0.2, 0.25) is 0 Å². The fourth-order valence-electron chi connectivity index (χ4n) is 3.19. The average Bonchev–Trinajstić information content (AvgIpc) is 2.82. The smallest absolute Gasteiger partial charge is 0.150 e. The van der Waals surface area contributed by atoms with Gasteiger partial charge in [-0.05, 0) is 48.2 Å². The number of hydrogen-bond donors (Lipinski definition) is 2. The Bertz CT molecular complexity index is 801. The SMILES string of the molecule is CCCCC=Cc1ccc(O)c(COCOCOCc2cc(C=CCCCC)ccc2O)c1. The van der Waals surface area contributed by atoms with E-state index >= 15 is 0 Å². The van der Waals surface area contributed by atoms with Crippen LogP contribution in [-0.4, -0.2) is 23.8 Å². The summed E-state index contributed by atoms with van der Waals surface area (Å²) in [5.41, 5.74) is 3.50. The molecule has 0 atom stereocenters. The van der Waals surface area contributed by atoms with E-state index in [1.165, 1.54) is 25.7 Å². The fourth-order valence-corrected chi connectivity index (χ4v) is 3.19. The van der Waals surface area contributed by atoms with Gasteiger partial charge in [-0.1, -0.05) is 76.0 Å². The Morgan fingerprint density at radius 2 is 1.12 bits per heavy atom. The summed E-state index contributed by atoms with van der Waals surface area (Å²) < 4.78 is 16.4. The number of phenols is 2. The van der Waals surface area contributed by atoms with Crippen LogP contribution in [0.15, 0.2) is 48.6 Å². The predicted molar refractivity (Wildman–Crippen MR) is 134 cm³/mol. The summed E-state index contributed by atoms with van der Waals surface area (Å²) in [7, 11) is 0. The van der Waals surface area contributed by atoms with Gasteiger partial charge in [0.1, 0.15) is 25.1 Å². The van der Waals surface area contributed by atoms with Crippen LogP contribution >= 0.6 is 0 Å². The van der Waals surface area contributed by atoms with Crippen molar-refractivity contribution in [3.05, 3.63) is 70.8 Å². The Morgan fingerprint density at radius 1 is 0.667 bits per heavy atom. The van der Waals surface area contributed by atoms with Crippen LogP contribution in [0.5, 0.6) is 11.5 Å². The Morgan fingerprint density at radius 3 is 1.55 bits per heavy atom. The topological polar surface area (TPSA) is 68.2 Å². The van der Waals surface area contributed by atoms with Gasteiger partial charge in [-0.15, -0.1) is 0 Å². The van der Waals surface area contributed by atoms with E-state index in [2.05, 4.69) is 38.2 Å². The van der Waals surface area contributed by atoms with Gasteiger partial charge in [0.15, 0.2) is 0 Å². The van der Waals surface area contributed by atoms with E-state index < -0.39 is 0 Å². The Balaban J connectivity index is 1.69. The predicted octanol–water partition coefficient (Wildman–Crippen LogP) is 7.17. The number of benzene rings is 2. The second-order valence-corrected chi connectivity index (χ2v) is 8.00. The minimum Gasteiger partial charge on any atom is -0.508 e. The highest BCUT2D eigenvalue weighted by Gasteiger charge is 2.04. The molecular weight excluding hydrogens is 416 g/mol. The zero-order chi connectivity index (χ0) is 23.7. The third kappa shape index (κ3) is 10.7. The molecule has 0 heterocycles. The molecule has 0 aromatic heterocycles. The molecule has 0 amide bonds. The zero-order valence-electron chi connectivity index (χ0n) is 20.0. The maximum Gasteiger partial charge on any atom is 0.150 e. The van der Waals surface area contributed by atoms with Crippen molar-refractivity contribution in [1.29, 1.82) is 0 Å². The molecule has 5 nitrogen and oxygen atoms in total. The van der Waals surface area contributed by atoms with Gasteiger partial charge in [0.05, 0.1) is 13.2 Å². The molecule has 5 heteroatoms. The lowest BCUT2D eigenvalue weighted by atomic mass is 10.1. The van der Waals surface area contributed by atoms with Crippen molar-refractivity contribution in [3.8, 4) is 11.5 Å². The molecule has 2 N–H and O–H groups in total. The van der Waals surface area contributed by atoms with Crippen molar-refractivity contribution in [2.75, 3.05) is 13.6 Å². The van der Waals surface area contributed by atoms with Gasteiger partial charge in [-0.25, -0.2) is 0 Å². The number of rotatable bonds is 16. The van der Waals surface area contributed by atoms with Gasteiger partial charge in [0, 0.05) is 11.1 Å². The van der Waals surface area contributed by atoms with Gasteiger partial charge in [-0.3, -0.25) is 0 Å². The van der Waals surface area contributed by atoms with Crippen LogP contribution < -0.4 is 0 Å². The van der Waals surface area contributed by atoms with E-state index in [1.807, 2.05) is 24.3 Å². The number of hydrogen-bond acceptors (Lipinski definition) is 5. The first-order chi connectivity index (χ1) is 16.1. The molecule has 180 valence electrons. The molecule has 33 heavy (non-hydrogen) atoms. The number of ether oxygens (including phenoxy) is 3. The van der Waals surface area contributed by atoms with E-state index in [0.717, 1.165) is 24.0 Å². The number of aromatic hydroxyl groups is 2. The molecule has 0 radical (unpaired) electrons. The van der Waals surface area contributed by atoms with Crippen molar-refractivity contribution >= 4 is 12.2 Å². The normalized spacial score (nSPS) is 11.7. The van der Waals surface area contributed by atoms with Crippen LogP contribution in [0.25, 0.3) is 12.2 Å². The molecule has 0 fully saturated rings. The van der Waals surface area contributed by atoms with Crippen LogP contribution in [0.2, 0.25) is 0 Å². The molecule has 2 aromatic carbocycles. The lowest BCUT2D eigenvalue weighted by molar-refractivity contribution is -0.139. The van der Waals surface area contributed by atoms with Gasteiger partial charge < -0.3 is 24.4 Å². The first kappa shape index (κ1) is 26.7. The van der Waals surface area contributed by atoms with E-state index in [-0.39, 0.29) is 38.3 Å². The summed E-state index contributed by atoms with van der Waals surface area (Å²) in [4.78, 5) is 0. The van der Waals surface area contributed by atoms with E-state index in [0.29, 0.717) is 11.1 Å². The van der Waals surface area contributed by atoms with Crippen molar-refractivity contribution in [2.24, 2.45) is 0 Å². The third-order valence-corrected chi connectivity index (χ3v) is 5.12. The van der Waals surface area contributed by atoms with Gasteiger partial charge in [0.25, 0.3) is 0 Å². The Hall–Kier alpha value is -2.60. The molecule has 0 saturated carbocycles. The van der Waals surface area contributed by atoms with Crippen LogP contribution in [0, 0.1) is 0 Å². The number of allylic oxidation sites excluding steroid dienone is 2. The summed E-state index contributed by atoms with van der Waals surface area (Å²) in [6, 6.07) is 11.0. The average molecular weight is 455 g/mol. The summed E-state index contributed by atoms with van der Waals surface area (Å²) >= 11 is 0. The summed E-state index contributed by atoms with van der Waals surface area (Å²) in [6.45, 7) is 4.92. The molecule has 0 aliphatic rings. The lowest BCUT2D eigenvalue weighted by Gasteiger charge is -2.10. The van der Waals surface area contributed by atoms with Crippen molar-refractivity contribution in [3.63, 3.8) is 0 Å². The second-order valence-electron chi connectivity index (χ2n) is 8.00. The Labute approximate surface area is 198 Å². The molecular formula is C28H38O5. The molecule has 0 saturated heterocycles. The van der Waals surface area contributed by atoms with Crippen molar-refractivity contribution in [1.82, 2.24) is 0 Å². The molecule has 2 rings (SSSR count). The third-order valence-electron chi connectivity index (χ3n) is 5.12. The Kier molecular flexibility index (Phi) is 13.0. The molecule has 0 bridgehead atoms. The monoisotopic (exact) mass is 454 g/mol. The molecule has 0 aliphatic heterocycles. The quantitative estimate of drug-likeness (QED) is 0.208. The molecule has 0 aliphatic carbocycles. The molecule has 2 aromatic rings. The van der Waals surface area contributed by atoms with Crippen LogP contribution in [0.1, 0.15) is 74.6 Å². The molecule has 0 unspecified atom stereocenters. The molecule has 0 spiro atoms. The lowest BCUT2D eigenvalue weighted by Crippen LogP contribution is -2.05. The standard InChI is InChI=1S/C28H38O5/c1-3-5-7-9-11-23-13-15-27(29)25(17-23)19-31-21-33-22-32-20-26-18-24(14-16-28(26)30)12-10-8-6-4-2/h9-18,29-30H,3-8,19-22H2,1-2H3. The maximum absolute atomic E-state index is 10.0. The van der Waals surface area contributed by atoms with Gasteiger partial charge in [-0.2, -0.15) is 0 Å². The first-order valence-electron chi connectivity index (χ1n) is 11.8. The van der Waals surface area contributed by atoms with Crippen LogP contribution in [0.3, 0.4) is 0 Å². The van der Waals surface area contributed by atoms with E-state index in [1.54, 1.807) is 12.1 Å². The summed E-state index contributed by atoms with van der Waals surface area (Å²) in [5.74, 6) is 0.409. The minimum atomic E-state index is 0.0438. The van der Waals surface area contributed by atoms with Crippen LogP contribution in [0.4, 0.5) is 0 Å². The van der Waals surface area contributed by atoms with E-state index in [4.69, 9.17) is 14.2 Å². The highest BCUT2D eigenvalue weighted by atomic mass is 16.7. The highest BCUT2D eigenvalue weighted by Crippen LogP contribution is 2.22. The zero-order valence-corrected chi connectivity index (χ0v) is 20.0. The van der Waals surface area contributed by atoms with Gasteiger partial charge >= 0.3 is 0 Å². The van der Waals surface area contributed by atoms with Crippen molar-refractivity contribution < 1.29 is 24.4 Å². The van der Waals surface area contributed by atoms with E-state index in [9.17, 15) is 10.2 Å². The highest BCUT2D eigenvalue weighted by molar-refractivity contribution is 5.53. The second kappa shape index (κ2) is 16.1. The van der Waals surface area contributed by atoms with Crippen molar-refractivity contribution in [2.45, 2.75) is 65.6 Å². The summed E-state index contributed by atoms with van der Waals surface area (Å²) in [6.07, 6.45) is 15.2. The number of phenolic OH excluding ortho intramolecular Hbond substituents is 2. The van der Waals surface area contributed by atoms with Crippen LogP contribution in [-0.2, 0) is 27.4 Å². The first-order valence-corrected chi connectivity index (χ1v) is 11.8. The number of unbranched alkanes of at least 4 members (excludes halogenated alkanes) is 4. The summed E-state index contributed by atoms with van der Waals surface area (Å²) in [5, 5.41) is 20.1. The minimum absolute atomic E-state index is 0.0438.